The molecule has 0 amide bonds. The average molecular weight is 740 g/mol. The zero-order valence-electron chi connectivity index (χ0n) is 22.4. The molecule has 0 heterocycles. The standard InChI is InChI=1S/C19H19N3O13S4.3K/c1-22(38(26,27)9-8-31-39(28,29)30)14-5-2-12-10-17(37-35-33-25)18(19(23)16(12)11-14)21-20-13-3-6-15(7-4-13)36-34-32-24;;;/h2-7,10-11,23-25H,8-9H2,1H3,(H,28,29,30);;;/q;3*+1/p-3. The van der Waals surface area contributed by atoms with Gasteiger partial charge in [0.15, 0.2) is 5.75 Å². The number of fused-ring (bicyclic) bond motifs is 1. The van der Waals surface area contributed by atoms with Crippen molar-refractivity contribution in [1.29, 1.82) is 0 Å². The maximum atomic E-state index is 12.6. The second kappa shape index (κ2) is 21.3. The summed E-state index contributed by atoms with van der Waals surface area (Å²) in [5.74, 6) is -1.26. The third kappa shape index (κ3) is 13.8. The monoisotopic (exact) mass is 739 g/mol. The number of aromatic hydroxyl groups is 1. The van der Waals surface area contributed by atoms with E-state index >= 15 is 0 Å². The molecule has 0 unspecified atom stereocenters. The summed E-state index contributed by atoms with van der Waals surface area (Å²) < 4.78 is 70.2. The fraction of sp³-hybridized carbons (Fsp3) is 0.158. The minimum Gasteiger partial charge on any atom is -0.726 e. The fourth-order valence-corrected chi connectivity index (χ4v) is 5.25. The van der Waals surface area contributed by atoms with E-state index in [1.165, 1.54) is 43.4 Å². The van der Waals surface area contributed by atoms with Crippen LogP contribution in [0.5, 0.6) is 5.75 Å². The average Bonchev–Trinajstić information content (AvgIpc) is 2.89. The Balaban J connectivity index is 0.00000560. The summed E-state index contributed by atoms with van der Waals surface area (Å²) in [7, 11) is -8.02. The summed E-state index contributed by atoms with van der Waals surface area (Å²) in [5, 5.41) is 46.5. The van der Waals surface area contributed by atoms with Gasteiger partial charge in [0.25, 0.3) is 0 Å². The van der Waals surface area contributed by atoms with E-state index in [-0.39, 0.29) is 176 Å². The van der Waals surface area contributed by atoms with Crippen LogP contribution in [-0.4, -0.2) is 45.9 Å². The topological polar surface area (TPSA) is 232 Å². The van der Waals surface area contributed by atoms with Crippen molar-refractivity contribution in [3.63, 3.8) is 0 Å². The normalized spacial score (nSPS) is 11.5. The van der Waals surface area contributed by atoms with Crippen molar-refractivity contribution in [3.8, 4) is 5.75 Å². The second-order valence-corrected chi connectivity index (χ2v) is 11.8. The zero-order chi connectivity index (χ0) is 28.6. The quantitative estimate of drug-likeness (QED) is 0.0308. The van der Waals surface area contributed by atoms with E-state index in [0.29, 0.717) is 40.1 Å². The number of sulfonamides is 1. The van der Waals surface area contributed by atoms with Crippen LogP contribution in [0.1, 0.15) is 0 Å². The van der Waals surface area contributed by atoms with E-state index < -0.39 is 38.5 Å². The van der Waals surface area contributed by atoms with Gasteiger partial charge >= 0.3 is 154 Å². The molecule has 212 valence electrons. The summed E-state index contributed by atoms with van der Waals surface area (Å²) in [5.41, 5.74) is 0.242. The zero-order valence-corrected chi connectivity index (χ0v) is 35.0. The van der Waals surface area contributed by atoms with Gasteiger partial charge in [-0.15, -0.1) is 5.11 Å². The van der Waals surface area contributed by atoms with Crippen LogP contribution in [0.3, 0.4) is 0 Å². The number of phenolic OH excluding ortho intramolecular Hbond substituents is 1. The molecule has 0 aliphatic heterocycles. The van der Waals surface area contributed by atoms with Crippen molar-refractivity contribution in [1.82, 2.24) is 0 Å². The maximum absolute atomic E-state index is 12.6. The third-order valence-corrected chi connectivity index (χ3v) is 8.18. The Morgan fingerprint density at radius 2 is 1.52 bits per heavy atom. The van der Waals surface area contributed by atoms with E-state index in [1.807, 2.05) is 0 Å². The van der Waals surface area contributed by atoms with Crippen molar-refractivity contribution in [2.75, 3.05) is 23.7 Å². The molecule has 0 saturated carbocycles. The summed E-state index contributed by atoms with van der Waals surface area (Å²) >= 11 is 1.11. The second-order valence-electron chi connectivity index (χ2n) is 7.12. The minimum absolute atomic E-state index is 0. The predicted octanol–water partition coefficient (Wildman–Crippen LogP) is -7.32. The molecule has 0 saturated heterocycles. The molecule has 0 bridgehead atoms. The van der Waals surface area contributed by atoms with E-state index in [4.69, 9.17) is 0 Å². The fourth-order valence-electron chi connectivity index (χ4n) is 3.00. The van der Waals surface area contributed by atoms with Gasteiger partial charge in [0.05, 0.1) is 52.7 Å². The molecular formula is C19H16K3N3O13S4. The molecule has 1 N–H and O–H groups in total. The van der Waals surface area contributed by atoms with Crippen LogP contribution >= 0.6 is 24.1 Å². The van der Waals surface area contributed by atoms with E-state index in [1.54, 1.807) is 12.1 Å². The molecule has 23 heteroatoms. The molecule has 3 aromatic carbocycles. The van der Waals surface area contributed by atoms with Crippen LogP contribution in [0.2, 0.25) is 0 Å². The van der Waals surface area contributed by atoms with Crippen molar-refractivity contribution in [2.45, 2.75) is 9.79 Å². The van der Waals surface area contributed by atoms with Crippen LogP contribution in [0.15, 0.2) is 68.6 Å². The Bertz CT molecular complexity index is 1550. The van der Waals surface area contributed by atoms with Gasteiger partial charge in [-0.2, -0.15) is 13.8 Å². The molecule has 16 nitrogen and oxygen atoms in total. The molecule has 3 aromatic rings. The largest absolute Gasteiger partial charge is 1.00 e. The summed E-state index contributed by atoms with van der Waals surface area (Å²) in [6.45, 7) is -0.886. The first-order valence-corrected chi connectivity index (χ1v) is 14.5. The van der Waals surface area contributed by atoms with Crippen LogP contribution in [0.25, 0.3) is 10.8 Å². The number of anilines is 1. The van der Waals surface area contributed by atoms with E-state index in [9.17, 15) is 37.0 Å². The van der Waals surface area contributed by atoms with Crippen molar-refractivity contribution in [3.05, 3.63) is 48.5 Å². The van der Waals surface area contributed by atoms with Crippen molar-refractivity contribution < 1.29 is 214 Å². The number of azo groups is 1. The molecule has 0 radical (unpaired) electrons. The Morgan fingerprint density at radius 1 is 0.905 bits per heavy atom. The third-order valence-electron chi connectivity index (χ3n) is 4.80. The first-order valence-electron chi connectivity index (χ1n) is 10.1. The van der Waals surface area contributed by atoms with Gasteiger partial charge in [0.1, 0.15) is 5.69 Å². The molecule has 0 atom stereocenters. The number of hydrogen-bond acceptors (Lipinski definition) is 17. The molecule has 0 aliphatic rings. The SMILES string of the molecule is CN(c1ccc2cc(SOO[O-])c(N=Nc3ccc(SOO[O-])cc3)c(O)c2c1)S(=O)(=O)CCOS(=O)(=O)[O-].[K+].[K+].[K+]. The first-order chi connectivity index (χ1) is 18.4. The molecular weight excluding hydrogens is 724 g/mol. The van der Waals surface area contributed by atoms with Crippen LogP contribution in [0.4, 0.5) is 17.1 Å². The van der Waals surface area contributed by atoms with Crippen LogP contribution in [0, 0.1) is 0 Å². The number of nitrogens with zero attached hydrogens (tertiary/aromatic N) is 3. The molecule has 0 aromatic heterocycles. The summed E-state index contributed by atoms with van der Waals surface area (Å²) in [6.07, 6.45) is 0. The summed E-state index contributed by atoms with van der Waals surface area (Å²) in [6, 6.07) is 11.8. The number of phenols is 1. The first kappa shape index (κ1) is 44.3. The Labute approximate surface area is 376 Å². The van der Waals surface area contributed by atoms with Gasteiger partial charge in [-0.3, -0.25) is 18.6 Å². The van der Waals surface area contributed by atoms with Crippen LogP contribution < -0.4 is 169 Å². The number of rotatable bonds is 14. The van der Waals surface area contributed by atoms with Gasteiger partial charge < -0.3 is 20.2 Å². The maximum Gasteiger partial charge on any atom is 1.00 e. The molecule has 0 fully saturated rings. The van der Waals surface area contributed by atoms with Gasteiger partial charge in [-0.05, 0) is 47.9 Å². The molecule has 0 spiro atoms. The molecule has 42 heavy (non-hydrogen) atoms. The van der Waals surface area contributed by atoms with Crippen molar-refractivity contribution >= 4 is 72.3 Å². The van der Waals surface area contributed by atoms with Gasteiger partial charge in [-0.1, -0.05) is 6.07 Å². The number of benzene rings is 3. The van der Waals surface area contributed by atoms with E-state index in [2.05, 4.69) is 33.2 Å². The Kier molecular flexibility index (Phi) is 22.5. The smallest absolute Gasteiger partial charge is 0.726 e. The van der Waals surface area contributed by atoms with Gasteiger partial charge in [-0.25, -0.2) is 16.8 Å². The van der Waals surface area contributed by atoms with Gasteiger partial charge in [0, 0.05) is 17.3 Å². The molecule has 0 aliphatic carbocycles. The van der Waals surface area contributed by atoms with Gasteiger partial charge in [0.2, 0.25) is 20.4 Å². The molecule has 3 rings (SSSR count). The summed E-state index contributed by atoms with van der Waals surface area (Å²) in [4.78, 5) is 0.640. The Hall–Kier alpha value is 2.31. The number of hydrogen-bond donors (Lipinski definition) is 1. The predicted molar refractivity (Wildman–Crippen MR) is 130 cm³/mol. The van der Waals surface area contributed by atoms with E-state index in [0.717, 1.165) is 4.31 Å². The Morgan fingerprint density at radius 3 is 2.12 bits per heavy atom. The minimum atomic E-state index is -5.07. The van der Waals surface area contributed by atoms with Crippen molar-refractivity contribution in [2.24, 2.45) is 10.2 Å². The van der Waals surface area contributed by atoms with Crippen LogP contribution in [-0.2, 0) is 43.3 Å².